The zero-order valence-corrected chi connectivity index (χ0v) is 18.0. The van der Waals surface area contributed by atoms with E-state index >= 15 is 0 Å². The Morgan fingerprint density at radius 3 is 2.29 bits per heavy atom. The normalized spacial score (nSPS) is 17.6. The molecule has 0 aliphatic heterocycles. The summed E-state index contributed by atoms with van der Waals surface area (Å²) in [6.45, 7) is 2.10. The lowest BCUT2D eigenvalue weighted by molar-refractivity contribution is -0.139. The van der Waals surface area contributed by atoms with Crippen LogP contribution < -0.4 is 17.2 Å². The van der Waals surface area contributed by atoms with E-state index in [4.69, 9.17) is 27.4 Å². The van der Waals surface area contributed by atoms with Gasteiger partial charge in [0.25, 0.3) is 0 Å². The van der Waals surface area contributed by atoms with Crippen LogP contribution in [0.2, 0.25) is 0 Å². The predicted molar refractivity (Wildman–Crippen MR) is 119 cm³/mol. The SMILES string of the molecule is CC(C(=O)O)c1ccc(CC2CCCCC2=O)cc1.NC(N)=NCCC[C@H](N)C(=O)O. The van der Waals surface area contributed by atoms with Crippen molar-refractivity contribution in [1.29, 1.82) is 0 Å². The Morgan fingerprint density at radius 1 is 1.13 bits per heavy atom. The molecule has 1 aliphatic rings. The second-order valence-corrected chi connectivity index (χ2v) is 7.81. The van der Waals surface area contributed by atoms with Crippen molar-refractivity contribution in [2.45, 2.75) is 63.8 Å². The number of carboxylic acids is 2. The van der Waals surface area contributed by atoms with Gasteiger partial charge in [0.15, 0.2) is 5.96 Å². The molecule has 172 valence electrons. The number of carbonyl (C=O) groups is 3. The van der Waals surface area contributed by atoms with E-state index in [1.807, 2.05) is 24.3 Å². The summed E-state index contributed by atoms with van der Waals surface area (Å²) in [5.41, 5.74) is 17.3. The van der Waals surface area contributed by atoms with Crippen molar-refractivity contribution in [1.82, 2.24) is 0 Å². The predicted octanol–water partition coefficient (Wildman–Crippen LogP) is 1.63. The molecule has 8 N–H and O–H groups in total. The van der Waals surface area contributed by atoms with Crippen molar-refractivity contribution in [2.24, 2.45) is 28.1 Å². The number of ketones is 1. The van der Waals surface area contributed by atoms with Gasteiger partial charge in [-0.15, -0.1) is 0 Å². The lowest BCUT2D eigenvalue weighted by atomic mass is 9.83. The first-order valence-electron chi connectivity index (χ1n) is 10.5. The third-order valence-corrected chi connectivity index (χ3v) is 5.30. The number of rotatable bonds is 9. The van der Waals surface area contributed by atoms with Crippen LogP contribution in [0.3, 0.4) is 0 Å². The van der Waals surface area contributed by atoms with Gasteiger partial charge in [0.05, 0.1) is 5.92 Å². The second-order valence-electron chi connectivity index (χ2n) is 7.81. The highest BCUT2D eigenvalue weighted by Gasteiger charge is 2.22. The topological polar surface area (TPSA) is 182 Å². The minimum Gasteiger partial charge on any atom is -0.481 e. The average Bonchev–Trinajstić information content (AvgIpc) is 2.73. The minimum absolute atomic E-state index is 0.0129. The zero-order valence-electron chi connectivity index (χ0n) is 18.0. The molecule has 2 unspecified atom stereocenters. The monoisotopic (exact) mass is 434 g/mol. The molecule has 0 heterocycles. The molecule has 1 fully saturated rings. The Kier molecular flexibility index (Phi) is 11.3. The van der Waals surface area contributed by atoms with Gasteiger partial charge in [-0.25, -0.2) is 0 Å². The third kappa shape index (κ3) is 10.1. The smallest absolute Gasteiger partial charge is 0.320 e. The summed E-state index contributed by atoms with van der Waals surface area (Å²) in [4.78, 5) is 36.6. The molecule has 9 nitrogen and oxygen atoms in total. The fourth-order valence-corrected chi connectivity index (χ4v) is 3.28. The first-order valence-corrected chi connectivity index (χ1v) is 10.5. The number of nitrogens with zero attached hydrogens (tertiary/aromatic N) is 1. The summed E-state index contributed by atoms with van der Waals surface area (Å²) in [6.07, 6.45) is 5.64. The minimum atomic E-state index is -1.00. The molecular formula is C22H34N4O5. The summed E-state index contributed by atoms with van der Waals surface area (Å²) in [5.74, 6) is -1.73. The molecule has 2 rings (SSSR count). The summed E-state index contributed by atoms with van der Waals surface area (Å²) < 4.78 is 0. The molecule has 1 aromatic rings. The summed E-state index contributed by atoms with van der Waals surface area (Å²) in [7, 11) is 0. The quantitative estimate of drug-likeness (QED) is 0.221. The van der Waals surface area contributed by atoms with Gasteiger partial charge in [-0.05, 0) is 50.2 Å². The maximum atomic E-state index is 11.8. The van der Waals surface area contributed by atoms with Gasteiger partial charge in [0.1, 0.15) is 11.8 Å². The first-order chi connectivity index (χ1) is 14.6. The summed E-state index contributed by atoms with van der Waals surface area (Å²) >= 11 is 0. The number of carbonyl (C=O) groups excluding carboxylic acids is 1. The zero-order chi connectivity index (χ0) is 23.4. The largest absolute Gasteiger partial charge is 0.481 e. The molecule has 1 saturated carbocycles. The van der Waals surface area contributed by atoms with Gasteiger partial charge in [-0.1, -0.05) is 30.7 Å². The number of nitrogens with two attached hydrogens (primary N) is 3. The Morgan fingerprint density at radius 2 is 1.77 bits per heavy atom. The molecule has 31 heavy (non-hydrogen) atoms. The maximum absolute atomic E-state index is 11.8. The van der Waals surface area contributed by atoms with Crippen molar-refractivity contribution in [3.63, 3.8) is 0 Å². The van der Waals surface area contributed by atoms with Crippen LogP contribution in [-0.2, 0) is 20.8 Å². The van der Waals surface area contributed by atoms with Crippen molar-refractivity contribution < 1.29 is 24.6 Å². The lowest BCUT2D eigenvalue weighted by Crippen LogP contribution is -2.30. The highest BCUT2D eigenvalue weighted by molar-refractivity contribution is 5.82. The van der Waals surface area contributed by atoms with Crippen molar-refractivity contribution in [3.8, 4) is 0 Å². The Bertz CT molecular complexity index is 760. The summed E-state index contributed by atoms with van der Waals surface area (Å²) in [5, 5.41) is 17.3. The van der Waals surface area contributed by atoms with Crippen molar-refractivity contribution in [3.05, 3.63) is 35.4 Å². The standard InChI is InChI=1S/C16H20O3.C6H14N4O2/c1-11(16(18)19)13-8-6-12(7-9-13)10-14-4-2-3-5-15(14)17;7-4(5(11)12)2-1-3-10-6(8)9/h6-9,11,14H,2-5,10H2,1H3,(H,18,19);4H,1-3,7H2,(H,11,12)(H4,8,9,10)/t;4-/m.0/s1. The number of benzene rings is 1. The van der Waals surface area contributed by atoms with Gasteiger partial charge >= 0.3 is 11.9 Å². The highest BCUT2D eigenvalue weighted by atomic mass is 16.4. The Balaban J connectivity index is 0.000000348. The van der Waals surface area contributed by atoms with Crippen LogP contribution in [0.5, 0.6) is 0 Å². The number of aliphatic imine (C=N–C) groups is 1. The number of hydrogen-bond donors (Lipinski definition) is 5. The van der Waals surface area contributed by atoms with E-state index < -0.39 is 23.9 Å². The van der Waals surface area contributed by atoms with Gasteiger partial charge in [0.2, 0.25) is 0 Å². The van der Waals surface area contributed by atoms with Gasteiger partial charge in [-0.3, -0.25) is 19.4 Å². The molecule has 1 aliphatic carbocycles. The molecule has 0 amide bonds. The maximum Gasteiger partial charge on any atom is 0.320 e. The van der Waals surface area contributed by atoms with Crippen LogP contribution in [0.1, 0.15) is 62.5 Å². The number of aliphatic carboxylic acids is 2. The van der Waals surface area contributed by atoms with Crippen LogP contribution in [0.15, 0.2) is 29.3 Å². The number of guanidine groups is 1. The van der Waals surface area contributed by atoms with E-state index in [-0.39, 0.29) is 11.9 Å². The van der Waals surface area contributed by atoms with E-state index in [2.05, 4.69) is 4.99 Å². The van der Waals surface area contributed by atoms with Crippen LogP contribution in [-0.4, -0.2) is 46.5 Å². The molecule has 9 heteroatoms. The molecule has 1 aromatic carbocycles. The third-order valence-electron chi connectivity index (χ3n) is 5.30. The second kappa shape index (κ2) is 13.4. The molecule has 0 radical (unpaired) electrons. The average molecular weight is 435 g/mol. The number of Topliss-reactive ketones (excluding diaryl/α,β-unsaturated/α-hetero) is 1. The summed E-state index contributed by atoms with van der Waals surface area (Å²) in [6, 6.07) is 6.81. The van der Waals surface area contributed by atoms with Gasteiger partial charge in [-0.2, -0.15) is 0 Å². The molecule has 0 spiro atoms. The van der Waals surface area contributed by atoms with Crippen LogP contribution in [0, 0.1) is 5.92 Å². The lowest BCUT2D eigenvalue weighted by Gasteiger charge is -2.20. The van der Waals surface area contributed by atoms with Crippen LogP contribution in [0.25, 0.3) is 0 Å². The van der Waals surface area contributed by atoms with E-state index in [0.717, 1.165) is 43.2 Å². The number of carboxylic acid groups (broad SMARTS) is 2. The van der Waals surface area contributed by atoms with E-state index in [0.29, 0.717) is 25.2 Å². The molecule has 0 saturated heterocycles. The van der Waals surface area contributed by atoms with Crippen LogP contribution in [0.4, 0.5) is 0 Å². The fraction of sp³-hybridized carbons (Fsp3) is 0.545. The number of hydrogen-bond acceptors (Lipinski definition) is 5. The molecular weight excluding hydrogens is 400 g/mol. The van der Waals surface area contributed by atoms with Crippen molar-refractivity contribution in [2.75, 3.05) is 6.54 Å². The van der Waals surface area contributed by atoms with E-state index in [9.17, 15) is 14.4 Å². The van der Waals surface area contributed by atoms with Crippen LogP contribution >= 0.6 is 0 Å². The molecule has 0 aromatic heterocycles. The Labute approximate surface area is 182 Å². The Hall–Kier alpha value is -2.94. The van der Waals surface area contributed by atoms with Crippen molar-refractivity contribution >= 4 is 23.7 Å². The van der Waals surface area contributed by atoms with Gasteiger partial charge < -0.3 is 27.4 Å². The molecule has 0 bridgehead atoms. The van der Waals surface area contributed by atoms with E-state index in [1.165, 1.54) is 0 Å². The van der Waals surface area contributed by atoms with E-state index in [1.54, 1.807) is 6.92 Å². The van der Waals surface area contributed by atoms with Gasteiger partial charge in [0, 0.05) is 18.9 Å². The highest BCUT2D eigenvalue weighted by Crippen LogP contribution is 2.25. The molecule has 3 atom stereocenters. The fourth-order valence-electron chi connectivity index (χ4n) is 3.28. The first kappa shape index (κ1) is 26.1.